The molecule has 4 aromatic rings. The molecule has 0 atom stereocenters. The van der Waals surface area contributed by atoms with Crippen LogP contribution in [0.4, 0.5) is 5.69 Å². The van der Waals surface area contributed by atoms with Gasteiger partial charge >= 0.3 is 0 Å². The minimum atomic E-state index is -0.209. The van der Waals surface area contributed by atoms with Crippen molar-refractivity contribution >= 4 is 35.0 Å². The van der Waals surface area contributed by atoms with Crippen molar-refractivity contribution in [3.05, 3.63) is 66.2 Å². The average Bonchev–Trinajstić information content (AvgIpc) is 3.39. The number of H-pyrrole nitrogens is 1. The number of nitrogens with zero attached hydrogens (tertiary/aromatic N) is 5. The molecule has 0 saturated carbocycles. The second-order valence-corrected chi connectivity index (χ2v) is 7.05. The molecule has 2 N–H and O–H groups in total. The highest BCUT2D eigenvalue weighted by Crippen LogP contribution is 2.25. The van der Waals surface area contributed by atoms with E-state index in [1.807, 2.05) is 30.3 Å². The maximum absolute atomic E-state index is 12.4. The Bertz CT molecular complexity index is 1080. The van der Waals surface area contributed by atoms with Crippen LogP contribution in [0.15, 0.2) is 66.3 Å². The highest BCUT2D eigenvalue weighted by molar-refractivity contribution is 7.99. The third-order valence-electron chi connectivity index (χ3n) is 3.74. The molecule has 0 saturated heterocycles. The van der Waals surface area contributed by atoms with Crippen LogP contribution < -0.4 is 5.32 Å². The second kappa shape index (κ2) is 8.24. The summed E-state index contributed by atoms with van der Waals surface area (Å²) in [5.41, 5.74) is 2.15. The molecule has 0 bridgehead atoms. The van der Waals surface area contributed by atoms with Crippen LogP contribution in [0, 0.1) is 0 Å². The smallest absolute Gasteiger partial charge is 0.234 e. The molecule has 0 fully saturated rings. The van der Waals surface area contributed by atoms with E-state index >= 15 is 0 Å². The molecule has 10 heteroatoms. The van der Waals surface area contributed by atoms with Crippen LogP contribution in [0.25, 0.3) is 17.1 Å². The van der Waals surface area contributed by atoms with E-state index in [-0.39, 0.29) is 11.7 Å². The maximum atomic E-state index is 12.4. The largest absolute Gasteiger partial charge is 0.323 e. The lowest BCUT2D eigenvalue weighted by molar-refractivity contribution is -0.113. The first-order valence-corrected chi connectivity index (χ1v) is 9.60. The molecule has 28 heavy (non-hydrogen) atoms. The molecule has 0 unspecified atom stereocenters. The Morgan fingerprint density at radius 3 is 2.86 bits per heavy atom. The molecule has 2 heterocycles. The molecule has 0 aliphatic carbocycles. The summed E-state index contributed by atoms with van der Waals surface area (Å²) in [7, 11) is 0. The molecule has 1 amide bonds. The number of anilines is 1. The van der Waals surface area contributed by atoms with Gasteiger partial charge in [0.1, 0.15) is 12.7 Å². The summed E-state index contributed by atoms with van der Waals surface area (Å²) >= 11 is 7.31. The van der Waals surface area contributed by atoms with Gasteiger partial charge in [-0.25, -0.2) is 14.6 Å². The lowest BCUT2D eigenvalue weighted by Crippen LogP contribution is -2.16. The number of carbonyl (C=O) groups is 1. The minimum absolute atomic E-state index is 0.148. The van der Waals surface area contributed by atoms with Gasteiger partial charge in [0.2, 0.25) is 11.1 Å². The van der Waals surface area contributed by atoms with Gasteiger partial charge in [-0.2, -0.15) is 5.10 Å². The lowest BCUT2D eigenvalue weighted by atomic mass is 10.2. The first-order valence-electron chi connectivity index (χ1n) is 8.24. The predicted molar refractivity (Wildman–Crippen MR) is 108 cm³/mol. The number of hydrogen-bond acceptors (Lipinski definition) is 6. The van der Waals surface area contributed by atoms with Crippen LogP contribution in [-0.2, 0) is 4.79 Å². The van der Waals surface area contributed by atoms with Gasteiger partial charge in [0.25, 0.3) is 0 Å². The zero-order chi connectivity index (χ0) is 19.3. The van der Waals surface area contributed by atoms with Crippen molar-refractivity contribution in [2.75, 3.05) is 11.1 Å². The number of nitrogens with one attached hydrogen (secondary N) is 2. The molecule has 0 radical (unpaired) electrons. The molecular formula is C18H14ClN7OS. The summed E-state index contributed by atoms with van der Waals surface area (Å²) in [6.07, 6.45) is 2.97. The minimum Gasteiger partial charge on any atom is -0.323 e. The molecule has 0 aliphatic rings. The van der Waals surface area contributed by atoms with E-state index in [1.54, 1.807) is 29.2 Å². The Morgan fingerprint density at radius 2 is 2.07 bits per heavy atom. The Kier molecular flexibility index (Phi) is 5.36. The number of aromatic amines is 1. The second-order valence-electron chi connectivity index (χ2n) is 5.67. The summed E-state index contributed by atoms with van der Waals surface area (Å²) in [6, 6.07) is 14.8. The highest BCUT2D eigenvalue weighted by atomic mass is 35.5. The summed E-state index contributed by atoms with van der Waals surface area (Å²) in [5, 5.41) is 15.0. The quantitative estimate of drug-likeness (QED) is 0.471. The van der Waals surface area contributed by atoms with Gasteiger partial charge in [0.15, 0.2) is 5.82 Å². The van der Waals surface area contributed by atoms with Crippen LogP contribution in [0.5, 0.6) is 0 Å². The normalized spacial score (nSPS) is 10.8. The SMILES string of the molecule is O=C(CSc1n[nH]c(-c2ccccc2)n1)Nc1cc(Cl)ccc1-n1cncn1. The Balaban J connectivity index is 1.42. The third-order valence-corrected chi connectivity index (χ3v) is 4.83. The number of aromatic nitrogens is 6. The fraction of sp³-hybridized carbons (Fsp3) is 0.0556. The first-order chi connectivity index (χ1) is 13.7. The number of thioether (sulfide) groups is 1. The number of carbonyl (C=O) groups excluding carboxylic acids is 1. The summed E-state index contributed by atoms with van der Waals surface area (Å²) < 4.78 is 1.56. The van der Waals surface area contributed by atoms with Crippen molar-refractivity contribution < 1.29 is 4.79 Å². The van der Waals surface area contributed by atoms with Crippen LogP contribution in [0.2, 0.25) is 5.02 Å². The van der Waals surface area contributed by atoms with Gasteiger partial charge < -0.3 is 5.32 Å². The number of hydrogen-bond donors (Lipinski definition) is 2. The molecule has 4 rings (SSSR count). The molecule has 2 aromatic heterocycles. The zero-order valence-electron chi connectivity index (χ0n) is 14.4. The maximum Gasteiger partial charge on any atom is 0.234 e. The average molecular weight is 412 g/mol. The van der Waals surface area contributed by atoms with Gasteiger partial charge in [0.05, 0.1) is 17.1 Å². The van der Waals surface area contributed by atoms with Gasteiger partial charge in [-0.05, 0) is 18.2 Å². The van der Waals surface area contributed by atoms with E-state index in [2.05, 4.69) is 30.6 Å². The van der Waals surface area contributed by atoms with Gasteiger partial charge in [-0.15, -0.1) is 5.10 Å². The van der Waals surface area contributed by atoms with E-state index in [0.717, 1.165) is 5.56 Å². The van der Waals surface area contributed by atoms with E-state index in [0.29, 0.717) is 27.4 Å². The number of halogens is 1. The fourth-order valence-corrected chi connectivity index (χ4v) is 3.26. The number of amides is 1. The van der Waals surface area contributed by atoms with Crippen LogP contribution in [0.1, 0.15) is 0 Å². The van der Waals surface area contributed by atoms with Crippen molar-refractivity contribution in [3.8, 4) is 17.1 Å². The Labute approximate surface area is 169 Å². The van der Waals surface area contributed by atoms with Crippen molar-refractivity contribution in [1.29, 1.82) is 0 Å². The van der Waals surface area contributed by atoms with Crippen molar-refractivity contribution in [2.24, 2.45) is 0 Å². The van der Waals surface area contributed by atoms with Gasteiger partial charge in [0, 0.05) is 10.6 Å². The van der Waals surface area contributed by atoms with Crippen LogP contribution in [0.3, 0.4) is 0 Å². The van der Waals surface area contributed by atoms with E-state index < -0.39 is 0 Å². The predicted octanol–water partition coefficient (Wildman–Crippen LogP) is 3.44. The Morgan fingerprint density at radius 1 is 1.21 bits per heavy atom. The van der Waals surface area contributed by atoms with Gasteiger partial charge in [-0.3, -0.25) is 9.89 Å². The monoisotopic (exact) mass is 411 g/mol. The summed E-state index contributed by atoms with van der Waals surface area (Å²) in [6.45, 7) is 0. The first kappa shape index (κ1) is 18.2. The molecule has 8 nitrogen and oxygen atoms in total. The van der Waals surface area contributed by atoms with E-state index in [4.69, 9.17) is 11.6 Å². The third kappa shape index (κ3) is 4.21. The number of rotatable bonds is 6. The standard InChI is InChI=1S/C18H14ClN7OS/c19-13-6-7-15(26-11-20-10-21-26)14(8-13)22-16(27)9-28-18-23-17(24-25-18)12-4-2-1-3-5-12/h1-8,10-11H,9H2,(H,22,27)(H,23,24,25). The molecule has 140 valence electrons. The topological polar surface area (TPSA) is 101 Å². The molecule has 0 aliphatic heterocycles. The summed E-state index contributed by atoms with van der Waals surface area (Å²) in [5.74, 6) is 0.599. The molecule has 0 spiro atoms. The number of benzene rings is 2. The highest BCUT2D eigenvalue weighted by Gasteiger charge is 2.12. The molecule has 2 aromatic carbocycles. The van der Waals surface area contributed by atoms with Crippen LogP contribution in [-0.4, -0.2) is 41.6 Å². The van der Waals surface area contributed by atoms with E-state index in [1.165, 1.54) is 18.1 Å². The van der Waals surface area contributed by atoms with Crippen LogP contribution >= 0.6 is 23.4 Å². The van der Waals surface area contributed by atoms with Crippen molar-refractivity contribution in [2.45, 2.75) is 5.16 Å². The van der Waals surface area contributed by atoms with Crippen molar-refractivity contribution in [1.82, 2.24) is 29.9 Å². The van der Waals surface area contributed by atoms with E-state index in [9.17, 15) is 4.79 Å². The summed E-state index contributed by atoms with van der Waals surface area (Å²) in [4.78, 5) is 20.7. The van der Waals surface area contributed by atoms with Gasteiger partial charge in [-0.1, -0.05) is 53.7 Å². The molecular weight excluding hydrogens is 398 g/mol. The lowest BCUT2D eigenvalue weighted by Gasteiger charge is -2.11. The zero-order valence-corrected chi connectivity index (χ0v) is 16.0. The Hall–Kier alpha value is -3.17. The van der Waals surface area contributed by atoms with Crippen molar-refractivity contribution in [3.63, 3.8) is 0 Å². The fourth-order valence-electron chi connectivity index (χ4n) is 2.49.